The van der Waals surface area contributed by atoms with Crippen LogP contribution in [0.15, 0.2) is 0 Å². The molecular weight excluding hydrogens is 278 g/mol. The molecule has 0 atom stereocenters. The quantitative estimate of drug-likeness (QED) is 0.643. The van der Waals surface area contributed by atoms with Crippen molar-refractivity contribution < 1.29 is 23.9 Å². The lowest BCUT2D eigenvalue weighted by molar-refractivity contribution is 0.0578. The third kappa shape index (κ3) is 3.33. The predicted molar refractivity (Wildman–Crippen MR) is 72.9 cm³/mol. The van der Waals surface area contributed by atoms with Crippen LogP contribution in [-0.2, 0) is 9.47 Å². The summed E-state index contributed by atoms with van der Waals surface area (Å²) in [6.07, 6.45) is 0. The summed E-state index contributed by atoms with van der Waals surface area (Å²) in [6.45, 7) is 4.90. The average molecular weight is 295 g/mol. The van der Waals surface area contributed by atoms with E-state index in [-0.39, 0.29) is 22.9 Å². The third-order valence-electron chi connectivity index (χ3n) is 2.59. The molecule has 0 radical (unpaired) electrons. The van der Waals surface area contributed by atoms with Crippen LogP contribution in [0.25, 0.3) is 0 Å². The number of esters is 2. The summed E-state index contributed by atoms with van der Waals surface area (Å²) in [5, 5.41) is 0. The van der Waals surface area contributed by atoms with E-state index in [1.165, 1.54) is 0 Å². The Morgan fingerprint density at radius 2 is 1.33 bits per heavy atom. The SMILES string of the molecule is COC(=O)c1nc(N)nc(C(=O)OC)c1C(=O)C(C)(C)C. The van der Waals surface area contributed by atoms with Gasteiger partial charge in [0.2, 0.25) is 5.95 Å². The molecule has 1 aromatic rings. The largest absolute Gasteiger partial charge is 0.464 e. The first-order valence-electron chi connectivity index (χ1n) is 6.02. The number of nitrogens with two attached hydrogens (primary N) is 1. The molecule has 21 heavy (non-hydrogen) atoms. The van der Waals surface area contributed by atoms with Gasteiger partial charge in [0.15, 0.2) is 17.2 Å². The van der Waals surface area contributed by atoms with Gasteiger partial charge in [-0.3, -0.25) is 4.79 Å². The van der Waals surface area contributed by atoms with Crippen LogP contribution in [0, 0.1) is 5.41 Å². The lowest BCUT2D eigenvalue weighted by Gasteiger charge is -2.19. The number of hydrogen-bond acceptors (Lipinski definition) is 8. The first-order chi connectivity index (χ1) is 9.63. The topological polar surface area (TPSA) is 121 Å². The van der Waals surface area contributed by atoms with Gasteiger partial charge in [0, 0.05) is 5.41 Å². The van der Waals surface area contributed by atoms with Gasteiger partial charge < -0.3 is 15.2 Å². The van der Waals surface area contributed by atoms with Gasteiger partial charge in [0.1, 0.15) is 0 Å². The van der Waals surface area contributed by atoms with Crippen molar-refractivity contribution in [3.63, 3.8) is 0 Å². The first kappa shape index (κ1) is 16.5. The second kappa shape index (κ2) is 5.86. The highest BCUT2D eigenvalue weighted by molar-refractivity contribution is 6.13. The number of methoxy groups -OCH3 is 2. The molecule has 0 fully saturated rings. The highest BCUT2D eigenvalue weighted by Crippen LogP contribution is 2.26. The summed E-state index contributed by atoms with van der Waals surface area (Å²) in [6, 6.07) is 0. The van der Waals surface area contributed by atoms with Gasteiger partial charge >= 0.3 is 11.9 Å². The lowest BCUT2D eigenvalue weighted by atomic mass is 9.85. The summed E-state index contributed by atoms with van der Waals surface area (Å²) < 4.78 is 9.15. The lowest BCUT2D eigenvalue weighted by Crippen LogP contribution is -2.28. The van der Waals surface area contributed by atoms with Crippen molar-refractivity contribution in [3.05, 3.63) is 17.0 Å². The summed E-state index contributed by atoms with van der Waals surface area (Å²) in [7, 11) is 2.26. The van der Waals surface area contributed by atoms with Crippen molar-refractivity contribution in [2.45, 2.75) is 20.8 Å². The monoisotopic (exact) mass is 295 g/mol. The van der Waals surface area contributed by atoms with Crippen molar-refractivity contribution >= 4 is 23.7 Å². The van der Waals surface area contributed by atoms with E-state index in [1.807, 2.05) is 0 Å². The fourth-order valence-corrected chi connectivity index (χ4v) is 1.56. The van der Waals surface area contributed by atoms with Crippen LogP contribution in [0.3, 0.4) is 0 Å². The molecule has 1 aromatic heterocycles. The van der Waals surface area contributed by atoms with E-state index in [2.05, 4.69) is 19.4 Å². The molecule has 0 saturated carbocycles. The zero-order valence-corrected chi connectivity index (χ0v) is 12.5. The number of ether oxygens (including phenoxy) is 2. The Morgan fingerprint density at radius 1 is 0.952 bits per heavy atom. The first-order valence-corrected chi connectivity index (χ1v) is 6.02. The Hall–Kier alpha value is -2.51. The van der Waals surface area contributed by atoms with Gasteiger partial charge in [0.25, 0.3) is 0 Å². The van der Waals surface area contributed by atoms with E-state index in [0.29, 0.717) is 0 Å². The second-order valence-electron chi connectivity index (χ2n) is 5.22. The Kier molecular flexibility index (Phi) is 4.62. The molecule has 8 nitrogen and oxygen atoms in total. The maximum absolute atomic E-state index is 12.5. The highest BCUT2D eigenvalue weighted by Gasteiger charge is 2.34. The molecule has 0 spiro atoms. The van der Waals surface area contributed by atoms with Crippen LogP contribution >= 0.6 is 0 Å². The fraction of sp³-hybridized carbons (Fsp3) is 0.462. The van der Waals surface area contributed by atoms with E-state index >= 15 is 0 Å². The zero-order chi connectivity index (χ0) is 16.4. The molecule has 1 rings (SSSR count). The predicted octanol–water partition coefficient (Wildman–Crippen LogP) is 0.861. The molecule has 0 bridgehead atoms. The Balaban J connectivity index is 3.73. The minimum absolute atomic E-state index is 0.254. The number of nitrogen functional groups attached to an aromatic ring is 1. The molecule has 2 N–H and O–H groups in total. The van der Waals surface area contributed by atoms with Crippen LogP contribution in [0.1, 0.15) is 52.1 Å². The van der Waals surface area contributed by atoms with Crippen molar-refractivity contribution in [3.8, 4) is 0 Å². The molecular formula is C13H17N3O5. The van der Waals surface area contributed by atoms with E-state index in [0.717, 1.165) is 14.2 Å². The van der Waals surface area contributed by atoms with Gasteiger partial charge in [-0.05, 0) is 0 Å². The van der Waals surface area contributed by atoms with Gasteiger partial charge in [-0.15, -0.1) is 0 Å². The number of nitrogens with zero attached hydrogens (tertiary/aromatic N) is 2. The van der Waals surface area contributed by atoms with Crippen molar-refractivity contribution in [1.29, 1.82) is 0 Å². The number of rotatable bonds is 3. The molecule has 0 amide bonds. The van der Waals surface area contributed by atoms with Crippen molar-refractivity contribution in [2.75, 3.05) is 20.0 Å². The van der Waals surface area contributed by atoms with Crippen LogP contribution < -0.4 is 5.73 Å². The summed E-state index contributed by atoms with van der Waals surface area (Å²) in [4.78, 5) is 43.6. The number of carbonyl (C=O) groups excluding carboxylic acids is 3. The average Bonchev–Trinajstić information content (AvgIpc) is 2.42. The second-order valence-corrected chi connectivity index (χ2v) is 5.22. The molecule has 0 aliphatic rings. The number of hydrogen-bond donors (Lipinski definition) is 1. The Morgan fingerprint density at radius 3 is 1.62 bits per heavy atom. The third-order valence-corrected chi connectivity index (χ3v) is 2.59. The maximum atomic E-state index is 12.5. The molecule has 0 saturated heterocycles. The van der Waals surface area contributed by atoms with Gasteiger partial charge in [-0.2, -0.15) is 0 Å². The molecule has 1 heterocycles. The maximum Gasteiger partial charge on any atom is 0.357 e. The highest BCUT2D eigenvalue weighted by atomic mass is 16.5. The van der Waals surface area contributed by atoms with E-state index < -0.39 is 23.1 Å². The molecule has 114 valence electrons. The molecule has 0 aromatic carbocycles. The van der Waals surface area contributed by atoms with Crippen LogP contribution in [-0.4, -0.2) is 41.9 Å². The molecule has 8 heteroatoms. The summed E-state index contributed by atoms with van der Waals surface area (Å²) >= 11 is 0. The minimum Gasteiger partial charge on any atom is -0.464 e. The van der Waals surface area contributed by atoms with Crippen LogP contribution in [0.4, 0.5) is 5.95 Å². The van der Waals surface area contributed by atoms with Crippen LogP contribution in [0.5, 0.6) is 0 Å². The Bertz CT molecular complexity index is 567. The Labute approximate surface area is 121 Å². The summed E-state index contributed by atoms with van der Waals surface area (Å²) in [5.41, 5.74) is 3.64. The minimum atomic E-state index is -0.887. The fourth-order valence-electron chi connectivity index (χ4n) is 1.56. The smallest absolute Gasteiger partial charge is 0.357 e. The molecule has 0 aliphatic heterocycles. The summed E-state index contributed by atoms with van der Waals surface area (Å²) in [5.74, 6) is -2.60. The van der Waals surface area contributed by atoms with Crippen molar-refractivity contribution in [2.24, 2.45) is 5.41 Å². The zero-order valence-electron chi connectivity index (χ0n) is 12.5. The van der Waals surface area contributed by atoms with Gasteiger partial charge in [0.05, 0.1) is 19.8 Å². The standard InChI is InChI=1S/C13H17N3O5/c1-13(2,3)9(17)6-7(10(18)20-4)15-12(14)16-8(6)11(19)21-5/h1-5H3,(H2,14,15,16). The molecule has 0 aliphatic carbocycles. The van der Waals surface area contributed by atoms with E-state index in [4.69, 9.17) is 5.73 Å². The van der Waals surface area contributed by atoms with E-state index in [1.54, 1.807) is 20.8 Å². The number of Topliss-reactive ketones (excluding diaryl/α,β-unsaturated/α-hetero) is 1. The number of aromatic nitrogens is 2. The van der Waals surface area contributed by atoms with Crippen LogP contribution in [0.2, 0.25) is 0 Å². The van der Waals surface area contributed by atoms with Crippen molar-refractivity contribution in [1.82, 2.24) is 9.97 Å². The number of anilines is 1. The van der Waals surface area contributed by atoms with Gasteiger partial charge in [-0.1, -0.05) is 20.8 Å². The molecule has 0 unspecified atom stereocenters. The number of carbonyl (C=O) groups is 3. The normalized spacial score (nSPS) is 10.9. The van der Waals surface area contributed by atoms with E-state index in [9.17, 15) is 14.4 Å². The van der Waals surface area contributed by atoms with Gasteiger partial charge in [-0.25, -0.2) is 19.6 Å². The number of ketones is 1.